The van der Waals surface area contributed by atoms with E-state index in [1.54, 1.807) is 0 Å². The minimum atomic E-state index is -3.42. The fourth-order valence-corrected chi connectivity index (χ4v) is 3.37. The topological polar surface area (TPSA) is 142 Å². The molecule has 0 spiro atoms. The van der Waals surface area contributed by atoms with Gasteiger partial charge in [-0.25, -0.2) is 18.3 Å². The number of halogens is 1. The third-order valence-electron chi connectivity index (χ3n) is 4.41. The van der Waals surface area contributed by atoms with E-state index in [1.165, 1.54) is 55.7 Å². The van der Waals surface area contributed by atoms with E-state index in [0.29, 0.717) is 5.56 Å². The van der Waals surface area contributed by atoms with Gasteiger partial charge >= 0.3 is 0 Å². The van der Waals surface area contributed by atoms with Crippen LogP contribution < -0.4 is 10.8 Å². The molecule has 0 aliphatic carbocycles. The minimum absolute atomic E-state index is 0.0315. The average Bonchev–Trinajstić information content (AvgIpc) is 2.75. The smallest absolute Gasteiger partial charge is 0.278 e. The Morgan fingerprint density at radius 2 is 1.84 bits per heavy atom. The van der Waals surface area contributed by atoms with E-state index in [9.17, 15) is 32.6 Å². The summed E-state index contributed by atoms with van der Waals surface area (Å²) in [7, 11) is -2.17. The SMILES string of the molecule is CONC(=O)c1ccc(C=CC(=O)N[C@H](CF)[C@H](O)c2ccc(S(C)(=O)=O)cc2)cc1O. The number of phenolic OH excluding ortho intramolecular Hbond substituents is 1. The van der Waals surface area contributed by atoms with Crippen LogP contribution in [0.1, 0.15) is 27.6 Å². The maximum absolute atomic E-state index is 13.4. The number of nitrogens with one attached hydrogen (secondary N) is 2. The van der Waals surface area contributed by atoms with Crippen LogP contribution in [0.2, 0.25) is 0 Å². The van der Waals surface area contributed by atoms with Gasteiger partial charge in [-0.3, -0.25) is 14.4 Å². The molecule has 2 rings (SSSR count). The van der Waals surface area contributed by atoms with E-state index < -0.39 is 40.5 Å². The van der Waals surface area contributed by atoms with E-state index >= 15 is 0 Å². The summed E-state index contributed by atoms with van der Waals surface area (Å²) in [6.07, 6.45) is 2.03. The number of aliphatic hydroxyl groups is 1. The van der Waals surface area contributed by atoms with Gasteiger partial charge in [0.05, 0.1) is 23.6 Å². The molecule has 0 fully saturated rings. The van der Waals surface area contributed by atoms with E-state index in [4.69, 9.17) is 0 Å². The third-order valence-corrected chi connectivity index (χ3v) is 5.54. The van der Waals surface area contributed by atoms with Crippen molar-refractivity contribution in [1.29, 1.82) is 0 Å². The summed E-state index contributed by atoms with van der Waals surface area (Å²) in [5, 5.41) is 22.6. The molecular weight excluding hydrogens is 443 g/mol. The number of alkyl halides is 1. The normalized spacial score (nSPS) is 13.5. The lowest BCUT2D eigenvalue weighted by Crippen LogP contribution is -2.40. The number of benzene rings is 2. The Balaban J connectivity index is 2.06. The van der Waals surface area contributed by atoms with E-state index in [0.717, 1.165) is 12.3 Å². The minimum Gasteiger partial charge on any atom is -0.507 e. The lowest BCUT2D eigenvalue weighted by atomic mass is 10.0. The summed E-state index contributed by atoms with van der Waals surface area (Å²) < 4.78 is 36.5. The van der Waals surface area contributed by atoms with Gasteiger partial charge in [-0.05, 0) is 41.5 Å². The Bertz CT molecular complexity index is 1100. The van der Waals surface area contributed by atoms with E-state index in [-0.39, 0.29) is 21.8 Å². The molecule has 2 aromatic carbocycles. The average molecular weight is 466 g/mol. The molecule has 0 saturated heterocycles. The highest BCUT2D eigenvalue weighted by atomic mass is 32.2. The summed E-state index contributed by atoms with van der Waals surface area (Å²) in [6.45, 7) is -1.07. The molecule has 172 valence electrons. The first-order valence-electron chi connectivity index (χ1n) is 9.25. The van der Waals surface area contributed by atoms with Crippen molar-refractivity contribution in [3.8, 4) is 5.75 Å². The Morgan fingerprint density at radius 1 is 1.19 bits per heavy atom. The molecule has 2 aromatic rings. The number of aliphatic hydroxyl groups excluding tert-OH is 1. The van der Waals surface area contributed by atoms with Crippen molar-refractivity contribution in [3.05, 3.63) is 65.2 Å². The zero-order valence-corrected chi connectivity index (χ0v) is 18.1. The lowest BCUT2D eigenvalue weighted by molar-refractivity contribution is -0.118. The van der Waals surface area contributed by atoms with Crippen LogP contribution in [-0.4, -0.2) is 56.5 Å². The quantitative estimate of drug-likeness (QED) is 0.322. The molecule has 9 nitrogen and oxygen atoms in total. The summed E-state index contributed by atoms with van der Waals surface area (Å²) in [5.74, 6) is -1.69. The predicted molar refractivity (Wildman–Crippen MR) is 114 cm³/mol. The number of hydroxylamine groups is 1. The van der Waals surface area contributed by atoms with Gasteiger partial charge < -0.3 is 15.5 Å². The summed E-state index contributed by atoms with van der Waals surface area (Å²) >= 11 is 0. The number of hydrogen-bond acceptors (Lipinski definition) is 7. The zero-order valence-electron chi connectivity index (χ0n) is 17.3. The van der Waals surface area contributed by atoms with Crippen LogP contribution in [0.4, 0.5) is 4.39 Å². The van der Waals surface area contributed by atoms with Crippen molar-refractivity contribution in [2.75, 3.05) is 20.0 Å². The largest absolute Gasteiger partial charge is 0.507 e. The van der Waals surface area contributed by atoms with Crippen molar-refractivity contribution in [1.82, 2.24) is 10.8 Å². The lowest BCUT2D eigenvalue weighted by Gasteiger charge is -2.21. The first kappa shape index (κ1) is 25.0. The molecule has 11 heteroatoms. The number of carbonyl (C=O) groups is 2. The fourth-order valence-electron chi connectivity index (χ4n) is 2.74. The third kappa shape index (κ3) is 6.61. The first-order chi connectivity index (χ1) is 15.1. The second kappa shape index (κ2) is 10.8. The number of hydrogen-bond donors (Lipinski definition) is 4. The van der Waals surface area contributed by atoms with Crippen LogP contribution in [0.5, 0.6) is 5.75 Å². The van der Waals surface area contributed by atoms with Gasteiger partial charge in [0.25, 0.3) is 5.91 Å². The van der Waals surface area contributed by atoms with Crippen LogP contribution >= 0.6 is 0 Å². The molecule has 0 aliphatic heterocycles. The van der Waals surface area contributed by atoms with Crippen molar-refractivity contribution >= 4 is 27.7 Å². The molecule has 0 unspecified atom stereocenters. The van der Waals surface area contributed by atoms with Crippen LogP contribution in [0, 0.1) is 0 Å². The summed E-state index contributed by atoms with van der Waals surface area (Å²) in [4.78, 5) is 28.4. The van der Waals surface area contributed by atoms with Gasteiger partial charge in [-0.2, -0.15) is 0 Å². The highest BCUT2D eigenvalue weighted by Crippen LogP contribution is 2.21. The first-order valence-corrected chi connectivity index (χ1v) is 11.1. The molecule has 0 radical (unpaired) electrons. The Kier molecular flexibility index (Phi) is 8.47. The fraction of sp³-hybridized carbons (Fsp3) is 0.238. The van der Waals surface area contributed by atoms with Crippen LogP contribution in [0.3, 0.4) is 0 Å². The van der Waals surface area contributed by atoms with Gasteiger partial charge in [0.1, 0.15) is 18.5 Å². The molecule has 2 amide bonds. The predicted octanol–water partition coefficient (Wildman–Crippen LogP) is 1.29. The number of phenols is 1. The van der Waals surface area contributed by atoms with Crippen molar-refractivity contribution in [2.24, 2.45) is 0 Å². The van der Waals surface area contributed by atoms with Crippen LogP contribution in [0.25, 0.3) is 6.08 Å². The monoisotopic (exact) mass is 466 g/mol. The van der Waals surface area contributed by atoms with E-state index in [1.807, 2.05) is 0 Å². The standard InChI is InChI=1S/C21H23FN2O7S/c1-31-24-21(28)16-9-3-13(11-18(16)25)4-10-19(26)23-17(12-22)20(27)14-5-7-15(8-6-14)32(2,29)30/h3-11,17,20,25,27H,12H2,1-2H3,(H,23,26)(H,24,28)/t17-,20-/m1/s1. The number of carbonyl (C=O) groups excluding carboxylic acids is 2. The highest BCUT2D eigenvalue weighted by Gasteiger charge is 2.22. The van der Waals surface area contributed by atoms with Crippen molar-refractivity contribution < 1.29 is 37.4 Å². The molecule has 4 N–H and O–H groups in total. The number of sulfone groups is 1. The molecule has 2 atom stereocenters. The highest BCUT2D eigenvalue weighted by molar-refractivity contribution is 7.90. The van der Waals surface area contributed by atoms with E-state index in [2.05, 4.69) is 15.6 Å². The van der Waals surface area contributed by atoms with Gasteiger partial charge in [-0.1, -0.05) is 18.2 Å². The number of amides is 2. The van der Waals surface area contributed by atoms with Gasteiger partial charge in [0.2, 0.25) is 5.91 Å². The van der Waals surface area contributed by atoms with Crippen molar-refractivity contribution in [2.45, 2.75) is 17.0 Å². The Hall–Kier alpha value is -3.28. The number of aromatic hydroxyl groups is 1. The van der Waals surface area contributed by atoms with Gasteiger partial charge in [0.15, 0.2) is 9.84 Å². The molecule has 0 aliphatic rings. The van der Waals surface area contributed by atoms with Crippen LogP contribution in [0.15, 0.2) is 53.4 Å². The van der Waals surface area contributed by atoms with Crippen molar-refractivity contribution in [3.63, 3.8) is 0 Å². The Morgan fingerprint density at radius 3 is 2.38 bits per heavy atom. The molecular formula is C21H23FN2O7S. The molecule has 0 heterocycles. The molecule has 32 heavy (non-hydrogen) atoms. The molecule has 0 saturated carbocycles. The van der Waals surface area contributed by atoms with Gasteiger partial charge in [0, 0.05) is 12.3 Å². The van der Waals surface area contributed by atoms with Gasteiger partial charge in [-0.15, -0.1) is 0 Å². The number of rotatable bonds is 9. The molecule has 0 bridgehead atoms. The summed E-state index contributed by atoms with van der Waals surface area (Å²) in [5.41, 5.74) is 2.66. The second-order valence-corrected chi connectivity index (χ2v) is 8.82. The maximum atomic E-state index is 13.4. The molecule has 0 aromatic heterocycles. The Labute approximate surface area is 184 Å². The zero-order chi connectivity index (χ0) is 23.9. The maximum Gasteiger partial charge on any atom is 0.278 e. The van der Waals surface area contributed by atoms with Crippen LogP contribution in [-0.2, 0) is 19.5 Å². The second-order valence-electron chi connectivity index (χ2n) is 6.80. The summed E-state index contributed by atoms with van der Waals surface area (Å²) in [6, 6.07) is 8.03.